The van der Waals surface area contributed by atoms with Crippen molar-refractivity contribution in [2.45, 2.75) is 19.9 Å². The molecule has 3 rings (SSSR count). The van der Waals surface area contributed by atoms with E-state index in [1.807, 2.05) is 13.0 Å². The zero-order valence-corrected chi connectivity index (χ0v) is 17.9. The van der Waals surface area contributed by atoms with Crippen molar-refractivity contribution >= 4 is 17.4 Å². The first-order valence-corrected chi connectivity index (χ1v) is 10.4. The standard InChI is InChI=1S/C23H28FN5O2/c1-3-28-11-13-29(14-12-28)22-9-4-18(24)16-21(22)17(2)26-23(30)27-19-5-7-20(8-6-19)31-15-10-25/h4-9,16-17H,3,11-15H2,1-2H3,(H2,26,27,30). The summed E-state index contributed by atoms with van der Waals surface area (Å²) in [4.78, 5) is 17.1. The highest BCUT2D eigenvalue weighted by atomic mass is 19.1. The number of rotatable bonds is 7. The number of nitriles is 1. The molecule has 8 heteroatoms. The molecule has 2 amide bonds. The predicted octanol–water partition coefficient (Wildman–Crippen LogP) is 3.75. The average molecular weight is 426 g/mol. The van der Waals surface area contributed by atoms with E-state index in [0.29, 0.717) is 11.4 Å². The zero-order chi connectivity index (χ0) is 22.2. The minimum Gasteiger partial charge on any atom is -0.479 e. The number of anilines is 2. The molecule has 0 saturated carbocycles. The maximum Gasteiger partial charge on any atom is 0.319 e. The fraction of sp³-hybridized carbons (Fsp3) is 0.391. The van der Waals surface area contributed by atoms with E-state index in [1.54, 1.807) is 30.3 Å². The summed E-state index contributed by atoms with van der Waals surface area (Å²) < 4.78 is 19.2. The molecule has 0 bridgehead atoms. The summed E-state index contributed by atoms with van der Waals surface area (Å²) >= 11 is 0. The van der Waals surface area contributed by atoms with Crippen molar-refractivity contribution in [3.05, 3.63) is 53.8 Å². The first-order chi connectivity index (χ1) is 15.0. The molecule has 2 N–H and O–H groups in total. The Kier molecular flexibility index (Phi) is 7.68. The second kappa shape index (κ2) is 10.6. The first kappa shape index (κ1) is 22.4. The number of benzene rings is 2. The van der Waals surface area contributed by atoms with E-state index in [1.165, 1.54) is 12.1 Å². The summed E-state index contributed by atoms with van der Waals surface area (Å²) in [6.07, 6.45) is 0. The van der Waals surface area contributed by atoms with E-state index in [0.717, 1.165) is 44.0 Å². The molecular formula is C23H28FN5O2. The van der Waals surface area contributed by atoms with E-state index in [2.05, 4.69) is 27.4 Å². The van der Waals surface area contributed by atoms with E-state index in [9.17, 15) is 9.18 Å². The molecule has 1 saturated heterocycles. The number of hydrogen-bond acceptors (Lipinski definition) is 5. The summed E-state index contributed by atoms with van der Waals surface area (Å²) in [7, 11) is 0. The molecule has 1 atom stereocenters. The van der Waals surface area contributed by atoms with Gasteiger partial charge < -0.3 is 25.2 Å². The minimum absolute atomic E-state index is 0.0335. The van der Waals surface area contributed by atoms with Crippen molar-refractivity contribution < 1.29 is 13.9 Å². The third kappa shape index (κ3) is 6.09. The van der Waals surface area contributed by atoms with Gasteiger partial charge in [-0.15, -0.1) is 0 Å². The second-order valence-corrected chi connectivity index (χ2v) is 7.42. The van der Waals surface area contributed by atoms with Gasteiger partial charge in [0.05, 0.1) is 6.04 Å². The van der Waals surface area contributed by atoms with Crippen molar-refractivity contribution in [1.29, 1.82) is 5.26 Å². The number of likely N-dealkylation sites (N-methyl/N-ethyl adjacent to an activating group) is 1. The molecule has 7 nitrogen and oxygen atoms in total. The quantitative estimate of drug-likeness (QED) is 0.706. The van der Waals surface area contributed by atoms with E-state index in [4.69, 9.17) is 10.00 Å². The van der Waals surface area contributed by atoms with Crippen molar-refractivity contribution in [1.82, 2.24) is 10.2 Å². The molecule has 1 aliphatic rings. The van der Waals surface area contributed by atoms with Crippen LogP contribution >= 0.6 is 0 Å². The van der Waals surface area contributed by atoms with Gasteiger partial charge >= 0.3 is 6.03 Å². The van der Waals surface area contributed by atoms with Crippen LogP contribution in [0.1, 0.15) is 25.5 Å². The number of ether oxygens (including phenoxy) is 1. The maximum atomic E-state index is 14.0. The average Bonchev–Trinajstić information content (AvgIpc) is 2.78. The molecule has 164 valence electrons. The Balaban J connectivity index is 1.64. The van der Waals surface area contributed by atoms with E-state index >= 15 is 0 Å². The predicted molar refractivity (Wildman–Crippen MR) is 119 cm³/mol. The van der Waals surface area contributed by atoms with Gasteiger partial charge in [0, 0.05) is 43.1 Å². The van der Waals surface area contributed by atoms with Crippen LogP contribution in [0.2, 0.25) is 0 Å². The number of nitrogens with one attached hydrogen (secondary N) is 2. The van der Waals surface area contributed by atoms with Gasteiger partial charge in [0.1, 0.15) is 17.6 Å². The molecule has 31 heavy (non-hydrogen) atoms. The number of amides is 2. The molecule has 0 radical (unpaired) electrons. The van der Waals surface area contributed by atoms with Gasteiger partial charge in [-0.1, -0.05) is 6.92 Å². The lowest BCUT2D eigenvalue weighted by Crippen LogP contribution is -2.46. The van der Waals surface area contributed by atoms with Crippen molar-refractivity contribution in [3.8, 4) is 11.8 Å². The zero-order valence-electron chi connectivity index (χ0n) is 17.9. The topological polar surface area (TPSA) is 80.6 Å². The molecular weight excluding hydrogens is 397 g/mol. The molecule has 0 aliphatic carbocycles. The third-order valence-corrected chi connectivity index (χ3v) is 5.38. The fourth-order valence-electron chi connectivity index (χ4n) is 3.66. The van der Waals surface area contributed by atoms with Crippen LogP contribution in [0.5, 0.6) is 5.75 Å². The molecule has 1 heterocycles. The molecule has 0 spiro atoms. The summed E-state index contributed by atoms with van der Waals surface area (Å²) in [5, 5.41) is 14.2. The molecule has 2 aromatic rings. The van der Waals surface area contributed by atoms with Crippen LogP contribution in [-0.4, -0.2) is 50.3 Å². The highest BCUT2D eigenvalue weighted by Gasteiger charge is 2.22. The molecule has 1 unspecified atom stereocenters. The highest BCUT2D eigenvalue weighted by molar-refractivity contribution is 5.89. The summed E-state index contributed by atoms with van der Waals surface area (Å²) in [6.45, 7) is 8.64. The summed E-state index contributed by atoms with van der Waals surface area (Å²) in [5.74, 6) is 0.224. The van der Waals surface area contributed by atoms with Crippen LogP contribution in [0, 0.1) is 17.1 Å². The van der Waals surface area contributed by atoms with E-state index in [-0.39, 0.29) is 24.5 Å². The minimum atomic E-state index is -0.385. The molecule has 0 aromatic heterocycles. The number of nitrogens with zero attached hydrogens (tertiary/aromatic N) is 3. The summed E-state index contributed by atoms with van der Waals surface area (Å²) in [6, 6.07) is 12.6. The monoisotopic (exact) mass is 425 g/mol. The first-order valence-electron chi connectivity index (χ1n) is 10.4. The lowest BCUT2D eigenvalue weighted by atomic mass is 10.0. The number of hydrogen-bond donors (Lipinski definition) is 2. The lowest BCUT2D eigenvalue weighted by molar-refractivity contribution is 0.249. The Bertz CT molecular complexity index is 921. The smallest absolute Gasteiger partial charge is 0.319 e. The third-order valence-electron chi connectivity index (χ3n) is 5.38. The Morgan fingerprint density at radius 3 is 2.55 bits per heavy atom. The van der Waals surface area contributed by atoms with Crippen molar-refractivity contribution in [3.63, 3.8) is 0 Å². The lowest BCUT2D eigenvalue weighted by Gasteiger charge is -2.37. The van der Waals surface area contributed by atoms with Crippen LogP contribution in [-0.2, 0) is 0 Å². The number of urea groups is 1. The van der Waals surface area contributed by atoms with Gasteiger partial charge in [-0.3, -0.25) is 0 Å². The summed E-state index contributed by atoms with van der Waals surface area (Å²) in [5.41, 5.74) is 2.29. The number of carbonyl (C=O) groups is 1. The van der Waals surface area contributed by atoms with Crippen LogP contribution in [0.25, 0.3) is 0 Å². The van der Waals surface area contributed by atoms with Crippen molar-refractivity contribution in [2.75, 3.05) is 49.5 Å². The highest BCUT2D eigenvalue weighted by Crippen LogP contribution is 2.28. The largest absolute Gasteiger partial charge is 0.479 e. The fourth-order valence-corrected chi connectivity index (χ4v) is 3.66. The Labute approximate surface area is 182 Å². The van der Waals surface area contributed by atoms with Gasteiger partial charge in [0.15, 0.2) is 6.61 Å². The normalized spacial score (nSPS) is 15.1. The van der Waals surface area contributed by atoms with Crippen molar-refractivity contribution in [2.24, 2.45) is 0 Å². The van der Waals surface area contributed by atoms with Gasteiger partial charge in [0.2, 0.25) is 0 Å². The number of carbonyl (C=O) groups excluding carboxylic acids is 1. The second-order valence-electron chi connectivity index (χ2n) is 7.42. The number of piperazine rings is 1. The van der Waals surface area contributed by atoms with Gasteiger partial charge in [-0.25, -0.2) is 9.18 Å². The Hall–Kier alpha value is -3.31. The SMILES string of the molecule is CCN1CCN(c2ccc(F)cc2C(C)NC(=O)Nc2ccc(OCC#N)cc2)CC1. The van der Waals surface area contributed by atoms with Gasteiger partial charge in [-0.05, 0) is 55.9 Å². The van der Waals surface area contributed by atoms with Crippen LogP contribution in [0.3, 0.4) is 0 Å². The Morgan fingerprint density at radius 1 is 1.19 bits per heavy atom. The maximum absolute atomic E-state index is 14.0. The Morgan fingerprint density at radius 2 is 1.90 bits per heavy atom. The molecule has 1 fully saturated rings. The van der Waals surface area contributed by atoms with Gasteiger partial charge in [0.25, 0.3) is 0 Å². The van der Waals surface area contributed by atoms with Crippen LogP contribution in [0.15, 0.2) is 42.5 Å². The molecule has 1 aliphatic heterocycles. The van der Waals surface area contributed by atoms with Gasteiger partial charge in [-0.2, -0.15) is 5.26 Å². The van der Waals surface area contributed by atoms with E-state index < -0.39 is 0 Å². The molecule has 2 aromatic carbocycles. The van der Waals surface area contributed by atoms with Crippen LogP contribution in [0.4, 0.5) is 20.6 Å². The van der Waals surface area contributed by atoms with Crippen LogP contribution < -0.4 is 20.3 Å². The number of halogens is 1.